The number of carbonyl (C=O) groups excluding carboxylic acids is 1. The molecule has 0 saturated heterocycles. The molecule has 0 bridgehead atoms. The molecule has 2 rings (SSSR count). The van der Waals surface area contributed by atoms with Crippen LogP contribution in [0.2, 0.25) is 0 Å². The van der Waals surface area contributed by atoms with Crippen molar-refractivity contribution in [3.63, 3.8) is 0 Å². The topological polar surface area (TPSA) is 77.4 Å². The van der Waals surface area contributed by atoms with Crippen LogP contribution in [0.25, 0.3) is 0 Å². The first-order valence-corrected chi connectivity index (χ1v) is 6.97. The summed E-state index contributed by atoms with van der Waals surface area (Å²) in [6, 6.07) is 0. The number of carbonyl (C=O) groups is 1. The van der Waals surface area contributed by atoms with E-state index in [1.165, 1.54) is 0 Å². The summed E-state index contributed by atoms with van der Waals surface area (Å²) in [6.45, 7) is 4.21. The molecule has 0 radical (unpaired) electrons. The van der Waals surface area contributed by atoms with Crippen molar-refractivity contribution in [1.82, 2.24) is 14.9 Å². The number of methoxy groups -OCH3 is 1. The molecule has 0 aromatic carbocycles. The third-order valence-corrected chi connectivity index (χ3v) is 3.05. The van der Waals surface area contributed by atoms with E-state index in [4.69, 9.17) is 9.47 Å². The second-order valence-electron chi connectivity index (χ2n) is 4.64. The van der Waals surface area contributed by atoms with E-state index < -0.39 is 0 Å². The van der Waals surface area contributed by atoms with Gasteiger partial charge in [-0.05, 0) is 12.8 Å². The number of imidazole rings is 1. The van der Waals surface area contributed by atoms with Crippen molar-refractivity contribution in [3.8, 4) is 0 Å². The third kappa shape index (κ3) is 4.21. The quantitative estimate of drug-likeness (QED) is 0.678. The lowest BCUT2D eigenvalue weighted by molar-refractivity contribution is 0.0688. The summed E-state index contributed by atoms with van der Waals surface area (Å²) in [4.78, 5) is 16.2. The summed E-state index contributed by atoms with van der Waals surface area (Å²) in [6.07, 6.45) is 3.64. The van der Waals surface area contributed by atoms with Gasteiger partial charge in [-0.3, -0.25) is 4.79 Å². The summed E-state index contributed by atoms with van der Waals surface area (Å²) < 4.78 is 12.2. The predicted octanol–water partition coefficient (Wildman–Crippen LogP) is 0.482. The van der Waals surface area contributed by atoms with Gasteiger partial charge in [-0.1, -0.05) is 0 Å². The molecule has 1 aromatic heterocycles. The average Bonchev–Trinajstić information content (AvgIpc) is 2.90. The number of fused-ring (bicyclic) bond motifs is 1. The molecule has 1 amide bonds. The van der Waals surface area contributed by atoms with Crippen LogP contribution in [0.3, 0.4) is 0 Å². The zero-order valence-corrected chi connectivity index (χ0v) is 11.9. The van der Waals surface area contributed by atoms with Crippen molar-refractivity contribution < 1.29 is 14.3 Å². The lowest BCUT2D eigenvalue weighted by Crippen LogP contribution is -2.25. The molecule has 1 aromatic rings. The Kier molecular flexibility index (Phi) is 5.82. The van der Waals surface area contributed by atoms with Crippen molar-refractivity contribution in [1.29, 1.82) is 0 Å². The van der Waals surface area contributed by atoms with Crippen LogP contribution < -0.4 is 10.6 Å². The number of nitrogens with one attached hydrogen (secondary N) is 2. The Hall–Kier alpha value is -1.60. The number of rotatable bonds is 8. The van der Waals surface area contributed by atoms with E-state index in [0.29, 0.717) is 32.1 Å². The molecular weight excluding hydrogens is 260 g/mol. The van der Waals surface area contributed by atoms with Crippen LogP contribution in [0.5, 0.6) is 0 Å². The molecule has 7 heteroatoms. The van der Waals surface area contributed by atoms with E-state index >= 15 is 0 Å². The first-order valence-electron chi connectivity index (χ1n) is 6.97. The molecule has 2 N–H and O–H groups in total. The molecule has 0 unspecified atom stereocenters. The van der Waals surface area contributed by atoms with Crippen molar-refractivity contribution >= 4 is 11.9 Å². The van der Waals surface area contributed by atoms with Crippen LogP contribution in [0, 0.1) is 0 Å². The molecular formula is C13H22N4O3. The number of aromatic nitrogens is 2. The highest BCUT2D eigenvalue weighted by atomic mass is 16.5. The van der Waals surface area contributed by atoms with Crippen LogP contribution in [-0.2, 0) is 16.0 Å². The Morgan fingerprint density at radius 3 is 3.20 bits per heavy atom. The number of amides is 1. The molecule has 1 aliphatic heterocycles. The Morgan fingerprint density at radius 1 is 1.50 bits per heavy atom. The molecule has 0 spiro atoms. The standard InChI is InChI=1S/C13H22N4O3/c1-19-8-9-20-7-3-5-14-12(18)11-10-17-6-2-4-15-13(17)16-11/h10H,2-9H2,1H3,(H,14,18)(H,15,16). The number of aryl methyl sites for hydroxylation is 1. The summed E-state index contributed by atoms with van der Waals surface area (Å²) in [5, 5.41) is 6.02. The van der Waals surface area contributed by atoms with Gasteiger partial charge in [0.1, 0.15) is 5.69 Å². The van der Waals surface area contributed by atoms with Crippen LogP contribution in [0.1, 0.15) is 23.3 Å². The second-order valence-corrected chi connectivity index (χ2v) is 4.64. The zero-order valence-electron chi connectivity index (χ0n) is 11.9. The Morgan fingerprint density at radius 2 is 2.40 bits per heavy atom. The molecule has 112 valence electrons. The first-order chi connectivity index (χ1) is 9.81. The minimum absolute atomic E-state index is 0.134. The monoisotopic (exact) mass is 282 g/mol. The van der Waals surface area contributed by atoms with E-state index in [2.05, 4.69) is 15.6 Å². The molecule has 20 heavy (non-hydrogen) atoms. The smallest absolute Gasteiger partial charge is 0.271 e. The number of nitrogens with zero attached hydrogens (tertiary/aromatic N) is 2. The Labute approximate surface area is 118 Å². The fraction of sp³-hybridized carbons (Fsp3) is 0.692. The van der Waals surface area contributed by atoms with Crippen molar-refractivity contribution in [2.45, 2.75) is 19.4 Å². The normalized spacial score (nSPS) is 13.7. The SMILES string of the molecule is COCCOCCCNC(=O)c1cn2c(n1)NCCC2. The maximum Gasteiger partial charge on any atom is 0.271 e. The minimum Gasteiger partial charge on any atom is -0.382 e. The highest BCUT2D eigenvalue weighted by Gasteiger charge is 2.15. The largest absolute Gasteiger partial charge is 0.382 e. The lowest BCUT2D eigenvalue weighted by atomic mass is 10.3. The second kappa shape index (κ2) is 7.86. The van der Waals surface area contributed by atoms with Crippen LogP contribution in [-0.4, -0.2) is 55.5 Å². The van der Waals surface area contributed by atoms with Gasteiger partial charge in [0.25, 0.3) is 5.91 Å². The predicted molar refractivity (Wildman–Crippen MR) is 75.0 cm³/mol. The van der Waals surface area contributed by atoms with Gasteiger partial charge in [0.15, 0.2) is 0 Å². The zero-order chi connectivity index (χ0) is 14.2. The van der Waals surface area contributed by atoms with Gasteiger partial charge in [-0.15, -0.1) is 0 Å². The van der Waals surface area contributed by atoms with Gasteiger partial charge < -0.3 is 24.7 Å². The first kappa shape index (κ1) is 14.8. The minimum atomic E-state index is -0.134. The van der Waals surface area contributed by atoms with Gasteiger partial charge in [0.05, 0.1) is 13.2 Å². The number of ether oxygens (including phenoxy) is 2. The average molecular weight is 282 g/mol. The summed E-state index contributed by atoms with van der Waals surface area (Å²) in [7, 11) is 1.64. The van der Waals surface area contributed by atoms with Crippen LogP contribution in [0.15, 0.2) is 6.20 Å². The van der Waals surface area contributed by atoms with Gasteiger partial charge in [-0.25, -0.2) is 4.98 Å². The highest BCUT2D eigenvalue weighted by Crippen LogP contribution is 2.13. The number of anilines is 1. The third-order valence-electron chi connectivity index (χ3n) is 3.05. The molecule has 0 saturated carbocycles. The fourth-order valence-corrected chi connectivity index (χ4v) is 2.00. The van der Waals surface area contributed by atoms with E-state index in [1.54, 1.807) is 13.3 Å². The van der Waals surface area contributed by atoms with Gasteiger partial charge in [0, 0.05) is 39.5 Å². The van der Waals surface area contributed by atoms with E-state index in [9.17, 15) is 4.79 Å². The Bertz CT molecular complexity index is 410. The number of hydrogen-bond donors (Lipinski definition) is 2. The Balaban J connectivity index is 1.66. The molecule has 0 fully saturated rings. The lowest BCUT2D eigenvalue weighted by Gasteiger charge is -2.14. The summed E-state index contributed by atoms with van der Waals surface area (Å²) in [5.41, 5.74) is 0.467. The summed E-state index contributed by atoms with van der Waals surface area (Å²) in [5.74, 6) is 0.648. The van der Waals surface area contributed by atoms with Crippen molar-refractivity contribution in [3.05, 3.63) is 11.9 Å². The summed E-state index contributed by atoms with van der Waals surface area (Å²) >= 11 is 0. The fourth-order valence-electron chi connectivity index (χ4n) is 2.00. The van der Waals surface area contributed by atoms with E-state index in [1.807, 2.05) is 4.57 Å². The molecule has 2 heterocycles. The van der Waals surface area contributed by atoms with Crippen LogP contribution in [0.4, 0.5) is 5.95 Å². The molecule has 7 nitrogen and oxygen atoms in total. The van der Waals surface area contributed by atoms with E-state index in [0.717, 1.165) is 31.9 Å². The van der Waals surface area contributed by atoms with Gasteiger partial charge in [-0.2, -0.15) is 0 Å². The van der Waals surface area contributed by atoms with Crippen LogP contribution >= 0.6 is 0 Å². The van der Waals surface area contributed by atoms with Gasteiger partial charge in [0.2, 0.25) is 5.95 Å². The van der Waals surface area contributed by atoms with E-state index in [-0.39, 0.29) is 5.91 Å². The highest BCUT2D eigenvalue weighted by molar-refractivity contribution is 5.92. The maximum atomic E-state index is 11.9. The molecule has 0 atom stereocenters. The number of hydrogen-bond acceptors (Lipinski definition) is 5. The molecule has 0 aliphatic carbocycles. The molecule has 1 aliphatic rings. The maximum absolute atomic E-state index is 11.9. The van der Waals surface area contributed by atoms with Gasteiger partial charge >= 0.3 is 0 Å². The van der Waals surface area contributed by atoms with Crippen molar-refractivity contribution in [2.75, 3.05) is 45.3 Å². The van der Waals surface area contributed by atoms with Crippen molar-refractivity contribution in [2.24, 2.45) is 0 Å².